The fourth-order valence-electron chi connectivity index (χ4n) is 2.35. The van der Waals surface area contributed by atoms with E-state index in [9.17, 15) is 0 Å². The van der Waals surface area contributed by atoms with Gasteiger partial charge in [-0.1, -0.05) is 58.7 Å². The number of aryl methyl sites for hydroxylation is 2. The minimum atomic E-state index is 0.308. The molecule has 0 N–H and O–H groups in total. The maximum absolute atomic E-state index is 5.72. The highest BCUT2D eigenvalue weighted by molar-refractivity contribution is 9.09. The molecule has 0 amide bonds. The molecular formula is C19H23BrO. The largest absolute Gasteiger partial charge is 0.494 e. The van der Waals surface area contributed by atoms with Crippen molar-refractivity contribution in [2.45, 2.75) is 38.4 Å². The lowest BCUT2D eigenvalue weighted by molar-refractivity contribution is 0.317. The van der Waals surface area contributed by atoms with Crippen molar-refractivity contribution in [3.05, 3.63) is 64.7 Å². The molecule has 0 aromatic heterocycles. The molecule has 0 aliphatic carbocycles. The minimum absolute atomic E-state index is 0.308. The Bertz CT molecular complexity index is 592. The summed E-state index contributed by atoms with van der Waals surface area (Å²) in [6.07, 6.45) is 2.02. The average molecular weight is 347 g/mol. The van der Waals surface area contributed by atoms with Crippen LogP contribution >= 0.6 is 15.9 Å². The summed E-state index contributed by atoms with van der Waals surface area (Å²) in [5.74, 6) is 0.958. The fourth-order valence-corrected chi connectivity index (χ4v) is 2.98. The average Bonchev–Trinajstić information content (AvgIpc) is 2.49. The molecule has 0 saturated carbocycles. The molecule has 2 heteroatoms. The van der Waals surface area contributed by atoms with E-state index in [0.29, 0.717) is 4.83 Å². The van der Waals surface area contributed by atoms with Gasteiger partial charge in [0.05, 0.1) is 6.61 Å². The van der Waals surface area contributed by atoms with Crippen LogP contribution in [0.3, 0.4) is 0 Å². The topological polar surface area (TPSA) is 9.23 Å². The van der Waals surface area contributed by atoms with Gasteiger partial charge in [0.25, 0.3) is 0 Å². The lowest BCUT2D eigenvalue weighted by Gasteiger charge is -2.14. The van der Waals surface area contributed by atoms with Crippen LogP contribution in [-0.4, -0.2) is 6.61 Å². The van der Waals surface area contributed by atoms with Gasteiger partial charge >= 0.3 is 0 Å². The summed E-state index contributed by atoms with van der Waals surface area (Å²) in [5.41, 5.74) is 5.33. The Labute approximate surface area is 136 Å². The first kappa shape index (κ1) is 16.1. The second-order valence-electron chi connectivity index (χ2n) is 5.52. The molecule has 0 aliphatic rings. The Kier molecular flexibility index (Phi) is 5.86. The van der Waals surface area contributed by atoms with E-state index in [0.717, 1.165) is 25.2 Å². The normalized spacial score (nSPS) is 12.2. The van der Waals surface area contributed by atoms with E-state index in [2.05, 4.69) is 73.1 Å². The van der Waals surface area contributed by atoms with E-state index in [1.807, 2.05) is 6.07 Å². The molecule has 1 atom stereocenters. The van der Waals surface area contributed by atoms with Gasteiger partial charge in [0, 0.05) is 4.83 Å². The molecule has 2 rings (SSSR count). The van der Waals surface area contributed by atoms with Crippen molar-refractivity contribution in [3.63, 3.8) is 0 Å². The number of hydrogen-bond donors (Lipinski definition) is 0. The maximum Gasteiger partial charge on any atom is 0.119 e. The van der Waals surface area contributed by atoms with E-state index >= 15 is 0 Å². The zero-order valence-corrected chi connectivity index (χ0v) is 14.6. The molecule has 2 aromatic carbocycles. The number of ether oxygens (including phenoxy) is 1. The predicted octanol–water partition coefficient (Wildman–Crippen LogP) is 5.77. The first-order chi connectivity index (χ1) is 10.1. The van der Waals surface area contributed by atoms with Crippen LogP contribution in [-0.2, 0) is 6.42 Å². The molecule has 0 bridgehead atoms. The molecular weight excluding hydrogens is 324 g/mol. The van der Waals surface area contributed by atoms with E-state index in [4.69, 9.17) is 4.74 Å². The first-order valence-electron chi connectivity index (χ1n) is 7.53. The maximum atomic E-state index is 5.72. The third-order valence-electron chi connectivity index (χ3n) is 3.60. The Morgan fingerprint density at radius 1 is 1.10 bits per heavy atom. The van der Waals surface area contributed by atoms with E-state index in [1.165, 1.54) is 22.3 Å². The summed E-state index contributed by atoms with van der Waals surface area (Å²) < 4.78 is 5.72. The van der Waals surface area contributed by atoms with Crippen molar-refractivity contribution in [2.24, 2.45) is 0 Å². The Balaban J connectivity index is 2.12. The number of hydrogen-bond acceptors (Lipinski definition) is 1. The molecule has 1 unspecified atom stereocenters. The lowest BCUT2D eigenvalue weighted by Crippen LogP contribution is -2.00. The van der Waals surface area contributed by atoms with Gasteiger partial charge in [-0.3, -0.25) is 0 Å². The molecule has 0 heterocycles. The first-order valence-corrected chi connectivity index (χ1v) is 8.44. The zero-order valence-electron chi connectivity index (χ0n) is 13.0. The van der Waals surface area contributed by atoms with Gasteiger partial charge in [0.2, 0.25) is 0 Å². The molecule has 112 valence electrons. The molecule has 0 radical (unpaired) electrons. The highest BCUT2D eigenvalue weighted by Crippen LogP contribution is 2.30. The van der Waals surface area contributed by atoms with Crippen LogP contribution in [0, 0.1) is 13.8 Å². The van der Waals surface area contributed by atoms with Crippen molar-refractivity contribution in [1.82, 2.24) is 0 Å². The zero-order chi connectivity index (χ0) is 15.2. The number of rotatable bonds is 6. The molecule has 21 heavy (non-hydrogen) atoms. The van der Waals surface area contributed by atoms with Crippen molar-refractivity contribution in [2.75, 3.05) is 6.61 Å². The third-order valence-corrected chi connectivity index (χ3v) is 4.45. The monoisotopic (exact) mass is 346 g/mol. The van der Waals surface area contributed by atoms with Crippen LogP contribution in [0.2, 0.25) is 0 Å². The molecule has 2 aromatic rings. The molecule has 0 aliphatic heterocycles. The summed E-state index contributed by atoms with van der Waals surface area (Å²) in [4.78, 5) is 0.308. The minimum Gasteiger partial charge on any atom is -0.494 e. The highest BCUT2D eigenvalue weighted by atomic mass is 79.9. The van der Waals surface area contributed by atoms with E-state index in [-0.39, 0.29) is 0 Å². The van der Waals surface area contributed by atoms with Gasteiger partial charge in [0.1, 0.15) is 5.75 Å². The van der Waals surface area contributed by atoms with Crippen LogP contribution in [0.15, 0.2) is 42.5 Å². The van der Waals surface area contributed by atoms with Crippen LogP contribution < -0.4 is 4.74 Å². The third kappa shape index (κ3) is 4.60. The summed E-state index contributed by atoms with van der Waals surface area (Å²) >= 11 is 3.83. The van der Waals surface area contributed by atoms with Gasteiger partial charge < -0.3 is 4.74 Å². The molecule has 0 fully saturated rings. The van der Waals surface area contributed by atoms with E-state index in [1.54, 1.807) is 0 Å². The van der Waals surface area contributed by atoms with Gasteiger partial charge in [-0.15, -0.1) is 0 Å². The van der Waals surface area contributed by atoms with Crippen LogP contribution in [0.25, 0.3) is 0 Å². The van der Waals surface area contributed by atoms with E-state index < -0.39 is 0 Å². The highest BCUT2D eigenvalue weighted by Gasteiger charge is 2.11. The quantitative estimate of drug-likeness (QED) is 0.603. The summed E-state index contributed by atoms with van der Waals surface area (Å²) in [6.45, 7) is 7.21. The van der Waals surface area contributed by atoms with Gasteiger partial charge in [-0.25, -0.2) is 0 Å². The Hall–Kier alpha value is -1.28. The Morgan fingerprint density at radius 3 is 2.67 bits per heavy atom. The van der Waals surface area contributed by atoms with Crippen LogP contribution in [0.1, 0.15) is 40.4 Å². The number of halogens is 1. The standard InChI is InChI=1S/C19H23BrO/c1-4-10-21-18-7-5-6-16(12-18)19(20)13-17-11-14(2)8-9-15(17)3/h5-9,11-12,19H,4,10,13H2,1-3H3. The van der Waals surface area contributed by atoms with Gasteiger partial charge in [0.15, 0.2) is 0 Å². The Morgan fingerprint density at radius 2 is 1.90 bits per heavy atom. The summed E-state index contributed by atoms with van der Waals surface area (Å²) in [5, 5.41) is 0. The van der Waals surface area contributed by atoms with Crippen molar-refractivity contribution in [3.8, 4) is 5.75 Å². The van der Waals surface area contributed by atoms with Gasteiger partial charge in [-0.2, -0.15) is 0 Å². The fraction of sp³-hybridized carbons (Fsp3) is 0.368. The molecule has 1 nitrogen and oxygen atoms in total. The smallest absolute Gasteiger partial charge is 0.119 e. The number of alkyl halides is 1. The lowest BCUT2D eigenvalue weighted by atomic mass is 9.98. The van der Waals surface area contributed by atoms with Crippen LogP contribution in [0.4, 0.5) is 0 Å². The van der Waals surface area contributed by atoms with Crippen molar-refractivity contribution >= 4 is 15.9 Å². The summed E-state index contributed by atoms with van der Waals surface area (Å²) in [7, 11) is 0. The van der Waals surface area contributed by atoms with Crippen molar-refractivity contribution < 1.29 is 4.74 Å². The SMILES string of the molecule is CCCOc1cccc(C(Br)Cc2cc(C)ccc2C)c1. The van der Waals surface area contributed by atoms with Gasteiger partial charge in [-0.05, 0) is 55.5 Å². The van der Waals surface area contributed by atoms with Crippen LogP contribution in [0.5, 0.6) is 5.75 Å². The predicted molar refractivity (Wildman–Crippen MR) is 93.5 cm³/mol. The number of benzene rings is 2. The van der Waals surface area contributed by atoms with Crippen molar-refractivity contribution in [1.29, 1.82) is 0 Å². The second-order valence-corrected chi connectivity index (χ2v) is 6.63. The summed E-state index contributed by atoms with van der Waals surface area (Å²) in [6, 6.07) is 15.0. The molecule has 0 saturated heterocycles. The second kappa shape index (κ2) is 7.65. The molecule has 0 spiro atoms.